The molecule has 5 nitrogen and oxygen atoms in total. The number of nitrogens with one attached hydrogen (secondary N) is 2. The summed E-state index contributed by atoms with van der Waals surface area (Å²) in [6.07, 6.45) is 2.66. The van der Waals surface area contributed by atoms with Crippen LogP contribution in [0, 0.1) is 0 Å². The summed E-state index contributed by atoms with van der Waals surface area (Å²) >= 11 is 0. The van der Waals surface area contributed by atoms with Crippen molar-refractivity contribution in [1.82, 2.24) is 15.5 Å². The van der Waals surface area contributed by atoms with Crippen LogP contribution in [0.15, 0.2) is 0 Å². The van der Waals surface area contributed by atoms with E-state index in [1.165, 1.54) is 0 Å². The molecule has 1 unspecified atom stereocenters. The van der Waals surface area contributed by atoms with E-state index in [1.54, 1.807) is 11.9 Å². The van der Waals surface area contributed by atoms with Gasteiger partial charge in [-0.15, -0.1) is 0 Å². The molecule has 5 heteroatoms. The highest BCUT2D eigenvalue weighted by molar-refractivity contribution is 5.84. The fourth-order valence-electron chi connectivity index (χ4n) is 1.71. The molecule has 0 aromatic rings. The Hall–Kier alpha value is -1.10. The Kier molecular flexibility index (Phi) is 5.25. The number of nitrogens with zero attached hydrogens (tertiary/aromatic N) is 1. The summed E-state index contributed by atoms with van der Waals surface area (Å²) in [5.74, 6) is -0.0903. The molecule has 1 atom stereocenters. The first-order chi connectivity index (χ1) is 7.63. The minimum Gasteiger partial charge on any atom is -0.347 e. The lowest BCUT2D eigenvalue weighted by Gasteiger charge is -2.15. The SMILES string of the molecule is CCN(C)C(=O)CNC(=O)CC1CCCN1. The molecule has 2 amide bonds. The largest absolute Gasteiger partial charge is 0.347 e. The van der Waals surface area contributed by atoms with Gasteiger partial charge < -0.3 is 15.5 Å². The number of carbonyl (C=O) groups excluding carboxylic acids is 2. The van der Waals surface area contributed by atoms with Crippen molar-refractivity contribution in [2.24, 2.45) is 0 Å². The van der Waals surface area contributed by atoms with Gasteiger partial charge in [-0.05, 0) is 26.3 Å². The topological polar surface area (TPSA) is 61.4 Å². The van der Waals surface area contributed by atoms with Crippen molar-refractivity contribution in [2.45, 2.75) is 32.2 Å². The fraction of sp³-hybridized carbons (Fsp3) is 0.818. The monoisotopic (exact) mass is 227 g/mol. The average Bonchev–Trinajstić information content (AvgIpc) is 2.77. The second-order valence-electron chi connectivity index (χ2n) is 4.18. The molecule has 1 saturated heterocycles. The first-order valence-electron chi connectivity index (χ1n) is 5.87. The predicted octanol–water partition coefficient (Wildman–Crippen LogP) is -0.277. The molecule has 0 radical (unpaired) electrons. The van der Waals surface area contributed by atoms with Crippen LogP contribution in [0.5, 0.6) is 0 Å². The Bertz CT molecular complexity index is 250. The zero-order valence-corrected chi connectivity index (χ0v) is 10.1. The molecule has 92 valence electrons. The van der Waals surface area contributed by atoms with Gasteiger partial charge in [0.1, 0.15) is 0 Å². The summed E-state index contributed by atoms with van der Waals surface area (Å²) in [5.41, 5.74) is 0. The van der Waals surface area contributed by atoms with Crippen molar-refractivity contribution < 1.29 is 9.59 Å². The maximum absolute atomic E-state index is 11.5. The number of carbonyl (C=O) groups is 2. The number of likely N-dealkylation sites (N-methyl/N-ethyl adjacent to an activating group) is 1. The van der Waals surface area contributed by atoms with E-state index in [9.17, 15) is 9.59 Å². The molecule has 0 spiro atoms. The summed E-state index contributed by atoms with van der Waals surface area (Å²) in [6.45, 7) is 3.67. The lowest BCUT2D eigenvalue weighted by Crippen LogP contribution is -2.39. The second-order valence-corrected chi connectivity index (χ2v) is 4.18. The van der Waals surface area contributed by atoms with Crippen molar-refractivity contribution in [2.75, 3.05) is 26.7 Å². The number of hydrogen-bond donors (Lipinski definition) is 2. The summed E-state index contributed by atoms with van der Waals surface area (Å²) in [7, 11) is 1.73. The zero-order chi connectivity index (χ0) is 12.0. The van der Waals surface area contributed by atoms with E-state index in [0.29, 0.717) is 19.0 Å². The molecular formula is C11H21N3O2. The fourth-order valence-corrected chi connectivity index (χ4v) is 1.71. The van der Waals surface area contributed by atoms with Crippen LogP contribution in [-0.4, -0.2) is 49.4 Å². The highest BCUT2D eigenvalue weighted by Crippen LogP contribution is 2.07. The average molecular weight is 227 g/mol. The Morgan fingerprint density at radius 3 is 2.81 bits per heavy atom. The molecule has 0 saturated carbocycles. The molecule has 1 heterocycles. The minimum atomic E-state index is -0.0461. The van der Waals surface area contributed by atoms with E-state index in [4.69, 9.17) is 0 Å². The van der Waals surface area contributed by atoms with E-state index >= 15 is 0 Å². The zero-order valence-electron chi connectivity index (χ0n) is 10.1. The molecule has 0 aromatic heterocycles. The standard InChI is InChI=1S/C11H21N3O2/c1-3-14(2)11(16)8-13-10(15)7-9-5-4-6-12-9/h9,12H,3-8H2,1-2H3,(H,13,15). The molecule has 0 bridgehead atoms. The Labute approximate surface area is 96.6 Å². The van der Waals surface area contributed by atoms with Crippen molar-refractivity contribution in [1.29, 1.82) is 0 Å². The Morgan fingerprint density at radius 2 is 2.25 bits per heavy atom. The van der Waals surface area contributed by atoms with Crippen LogP contribution in [0.1, 0.15) is 26.2 Å². The van der Waals surface area contributed by atoms with Crippen LogP contribution >= 0.6 is 0 Å². The van der Waals surface area contributed by atoms with Crippen molar-refractivity contribution in [3.05, 3.63) is 0 Å². The van der Waals surface area contributed by atoms with E-state index in [2.05, 4.69) is 10.6 Å². The third kappa shape index (κ3) is 4.18. The quantitative estimate of drug-likeness (QED) is 0.679. The van der Waals surface area contributed by atoms with Gasteiger partial charge in [-0.25, -0.2) is 0 Å². The van der Waals surface area contributed by atoms with Crippen LogP contribution in [0.4, 0.5) is 0 Å². The van der Waals surface area contributed by atoms with E-state index < -0.39 is 0 Å². The minimum absolute atomic E-state index is 0.0442. The smallest absolute Gasteiger partial charge is 0.241 e. The molecule has 0 aliphatic carbocycles. The highest BCUT2D eigenvalue weighted by Gasteiger charge is 2.18. The Morgan fingerprint density at radius 1 is 1.50 bits per heavy atom. The normalized spacial score (nSPS) is 19.5. The molecule has 1 aliphatic heterocycles. The van der Waals surface area contributed by atoms with Gasteiger partial charge in [-0.2, -0.15) is 0 Å². The van der Waals surface area contributed by atoms with Gasteiger partial charge in [0.15, 0.2) is 0 Å². The molecule has 1 fully saturated rings. The maximum atomic E-state index is 11.5. The molecule has 1 aliphatic rings. The van der Waals surface area contributed by atoms with Crippen LogP contribution < -0.4 is 10.6 Å². The number of rotatable bonds is 5. The van der Waals surface area contributed by atoms with Crippen molar-refractivity contribution in [3.8, 4) is 0 Å². The van der Waals surface area contributed by atoms with Gasteiger partial charge >= 0.3 is 0 Å². The molecule has 2 N–H and O–H groups in total. The highest BCUT2D eigenvalue weighted by atomic mass is 16.2. The van der Waals surface area contributed by atoms with Gasteiger partial charge in [-0.1, -0.05) is 0 Å². The van der Waals surface area contributed by atoms with Crippen molar-refractivity contribution >= 4 is 11.8 Å². The molecule has 1 rings (SSSR count). The molecule has 0 aromatic carbocycles. The first kappa shape index (κ1) is 13.0. The van der Waals surface area contributed by atoms with Crippen molar-refractivity contribution in [3.63, 3.8) is 0 Å². The van der Waals surface area contributed by atoms with Gasteiger partial charge in [0.05, 0.1) is 6.54 Å². The third-order valence-electron chi connectivity index (χ3n) is 2.93. The number of amides is 2. The lowest BCUT2D eigenvalue weighted by molar-refractivity contribution is -0.131. The van der Waals surface area contributed by atoms with Crippen LogP contribution in [0.3, 0.4) is 0 Å². The van der Waals surface area contributed by atoms with E-state index in [1.807, 2.05) is 6.92 Å². The predicted molar refractivity (Wildman–Crippen MR) is 62.0 cm³/mol. The molecule has 16 heavy (non-hydrogen) atoms. The van der Waals surface area contributed by atoms with Gasteiger partial charge in [0.2, 0.25) is 11.8 Å². The third-order valence-corrected chi connectivity index (χ3v) is 2.93. The summed E-state index contributed by atoms with van der Waals surface area (Å²) in [6, 6.07) is 0.291. The second kappa shape index (κ2) is 6.48. The van der Waals surface area contributed by atoms with Crippen LogP contribution in [0.2, 0.25) is 0 Å². The van der Waals surface area contributed by atoms with Crippen LogP contribution in [-0.2, 0) is 9.59 Å². The van der Waals surface area contributed by atoms with Crippen LogP contribution in [0.25, 0.3) is 0 Å². The van der Waals surface area contributed by atoms with E-state index in [0.717, 1.165) is 19.4 Å². The summed E-state index contributed by atoms with van der Waals surface area (Å²) < 4.78 is 0. The summed E-state index contributed by atoms with van der Waals surface area (Å²) in [5, 5.41) is 5.91. The molecular weight excluding hydrogens is 206 g/mol. The van der Waals surface area contributed by atoms with E-state index in [-0.39, 0.29) is 18.4 Å². The Balaban J connectivity index is 2.16. The summed E-state index contributed by atoms with van der Waals surface area (Å²) in [4.78, 5) is 24.5. The van der Waals surface area contributed by atoms with Gasteiger partial charge in [0.25, 0.3) is 0 Å². The van der Waals surface area contributed by atoms with Gasteiger partial charge in [-0.3, -0.25) is 9.59 Å². The number of hydrogen-bond acceptors (Lipinski definition) is 3. The lowest BCUT2D eigenvalue weighted by atomic mass is 10.1. The maximum Gasteiger partial charge on any atom is 0.241 e. The van der Waals surface area contributed by atoms with Gasteiger partial charge in [0, 0.05) is 26.1 Å². The first-order valence-corrected chi connectivity index (χ1v) is 5.87.